The average molecular weight is 373 g/mol. The molecule has 2 aromatic rings. The highest BCUT2D eigenvalue weighted by molar-refractivity contribution is 6.32. The lowest BCUT2D eigenvalue weighted by Gasteiger charge is -2.17. The van der Waals surface area contributed by atoms with Crippen molar-refractivity contribution >= 4 is 23.1 Å². The summed E-state index contributed by atoms with van der Waals surface area (Å²) in [5.74, 6) is -0.128. The second kappa shape index (κ2) is 8.10. The highest BCUT2D eigenvalue weighted by Gasteiger charge is 2.29. The van der Waals surface area contributed by atoms with E-state index in [2.05, 4.69) is 9.97 Å². The molecule has 0 bridgehead atoms. The van der Waals surface area contributed by atoms with Crippen molar-refractivity contribution in [3.05, 3.63) is 44.7 Å². The second-order valence-electron chi connectivity index (χ2n) is 5.25. The average Bonchev–Trinajstić information content (AvgIpc) is 2.59. The smallest absolute Gasteiger partial charge is 0.373 e. The molecule has 132 valence electrons. The van der Waals surface area contributed by atoms with Crippen LogP contribution in [0.5, 0.6) is 11.6 Å². The molecule has 0 spiro atoms. The van der Waals surface area contributed by atoms with Crippen molar-refractivity contribution in [2.45, 2.75) is 13.8 Å². The molecule has 0 unspecified atom stereocenters. The monoisotopic (exact) mass is 372 g/mol. The number of ether oxygens (including phenoxy) is 1. The first-order valence-corrected chi connectivity index (χ1v) is 7.69. The summed E-state index contributed by atoms with van der Waals surface area (Å²) < 4.78 is 5.59. The lowest BCUT2D eigenvalue weighted by Crippen LogP contribution is -2.26. The zero-order valence-electron chi connectivity index (χ0n) is 13.9. The number of rotatable bonds is 6. The van der Waals surface area contributed by atoms with Gasteiger partial charge in [0.25, 0.3) is 0 Å². The van der Waals surface area contributed by atoms with Gasteiger partial charge in [0, 0.05) is 5.02 Å². The number of nitriles is 2. The number of halogens is 1. The van der Waals surface area contributed by atoms with Crippen LogP contribution in [0.1, 0.15) is 11.1 Å². The van der Waals surface area contributed by atoms with Crippen LogP contribution in [0.15, 0.2) is 18.5 Å². The van der Waals surface area contributed by atoms with Crippen LogP contribution < -0.4 is 9.64 Å². The summed E-state index contributed by atoms with van der Waals surface area (Å²) >= 11 is 6.11. The van der Waals surface area contributed by atoms with Gasteiger partial charge in [-0.3, -0.25) is 10.1 Å². The minimum Gasteiger partial charge on any atom is -0.434 e. The van der Waals surface area contributed by atoms with Crippen LogP contribution in [0.25, 0.3) is 0 Å². The van der Waals surface area contributed by atoms with Crippen molar-refractivity contribution in [2.75, 3.05) is 18.0 Å². The SMILES string of the molecule is Cc1cc(Oc2ncnc(N(CC#N)CC#N)c2[N+](=O)[O-])cc(C)c1Cl. The normalized spacial score (nSPS) is 9.88. The number of aryl methyl sites for hydroxylation is 2. The predicted molar refractivity (Wildman–Crippen MR) is 93.1 cm³/mol. The first-order valence-electron chi connectivity index (χ1n) is 7.31. The zero-order chi connectivity index (χ0) is 19.3. The van der Waals surface area contributed by atoms with Crippen molar-refractivity contribution in [3.8, 4) is 23.8 Å². The molecular weight excluding hydrogens is 360 g/mol. The van der Waals surface area contributed by atoms with Crippen molar-refractivity contribution in [3.63, 3.8) is 0 Å². The van der Waals surface area contributed by atoms with Crippen molar-refractivity contribution < 1.29 is 9.66 Å². The summed E-state index contributed by atoms with van der Waals surface area (Å²) in [6.45, 7) is 3.07. The van der Waals surface area contributed by atoms with Gasteiger partial charge in [-0.25, -0.2) is 4.98 Å². The van der Waals surface area contributed by atoms with Gasteiger partial charge in [-0.1, -0.05) is 11.6 Å². The van der Waals surface area contributed by atoms with Crippen LogP contribution in [0.4, 0.5) is 11.5 Å². The van der Waals surface area contributed by atoms with E-state index in [0.29, 0.717) is 10.8 Å². The molecule has 0 atom stereocenters. The molecule has 1 aromatic heterocycles. The molecule has 0 saturated carbocycles. The van der Waals surface area contributed by atoms with Gasteiger partial charge in [-0.05, 0) is 37.1 Å². The van der Waals surface area contributed by atoms with E-state index >= 15 is 0 Å². The zero-order valence-corrected chi connectivity index (χ0v) is 14.7. The summed E-state index contributed by atoms with van der Waals surface area (Å²) in [5.41, 5.74) is 0.964. The standard InChI is InChI=1S/C16H13ClN6O3/c1-10-7-12(8-11(2)13(10)17)26-16-14(23(24)25)15(20-9-21-16)22(5-3-18)6-4-19/h7-9H,5-6H2,1-2H3. The van der Waals surface area contributed by atoms with Crippen molar-refractivity contribution in [1.82, 2.24) is 9.97 Å². The van der Waals surface area contributed by atoms with E-state index in [4.69, 9.17) is 26.9 Å². The molecule has 0 radical (unpaired) electrons. The van der Waals surface area contributed by atoms with Gasteiger partial charge in [0.05, 0.1) is 17.1 Å². The molecular formula is C16H13ClN6O3. The van der Waals surface area contributed by atoms with Gasteiger partial charge >= 0.3 is 11.6 Å². The molecule has 0 amide bonds. The van der Waals surface area contributed by atoms with Crippen molar-refractivity contribution in [2.24, 2.45) is 0 Å². The van der Waals surface area contributed by atoms with E-state index < -0.39 is 10.6 Å². The molecule has 0 aliphatic heterocycles. The van der Waals surface area contributed by atoms with Gasteiger partial charge < -0.3 is 9.64 Å². The van der Waals surface area contributed by atoms with Gasteiger partial charge in [0.1, 0.15) is 25.2 Å². The Hall–Kier alpha value is -3.43. The second-order valence-corrected chi connectivity index (χ2v) is 5.63. The first-order chi connectivity index (χ1) is 12.4. The van der Waals surface area contributed by atoms with Crippen LogP contribution in [0.2, 0.25) is 5.02 Å². The molecule has 0 aliphatic carbocycles. The van der Waals surface area contributed by atoms with Gasteiger partial charge in [-0.15, -0.1) is 0 Å². The maximum Gasteiger partial charge on any atom is 0.373 e. The molecule has 1 aromatic carbocycles. The summed E-state index contributed by atoms with van der Waals surface area (Å²) in [7, 11) is 0. The quantitative estimate of drug-likeness (QED) is 0.429. The third kappa shape index (κ3) is 3.97. The molecule has 0 N–H and O–H groups in total. The molecule has 9 nitrogen and oxygen atoms in total. The van der Waals surface area contributed by atoms with Crippen LogP contribution >= 0.6 is 11.6 Å². The van der Waals surface area contributed by atoms with E-state index in [0.717, 1.165) is 17.5 Å². The number of anilines is 1. The Labute approximate surface area is 154 Å². The minimum absolute atomic E-state index is 0.162. The molecule has 2 rings (SSSR count). The summed E-state index contributed by atoms with van der Waals surface area (Å²) in [6, 6.07) is 6.94. The highest BCUT2D eigenvalue weighted by atomic mass is 35.5. The maximum absolute atomic E-state index is 11.6. The Kier molecular flexibility index (Phi) is 5.89. The van der Waals surface area contributed by atoms with Gasteiger partial charge in [0.15, 0.2) is 0 Å². The van der Waals surface area contributed by atoms with Crippen LogP contribution in [0.3, 0.4) is 0 Å². The van der Waals surface area contributed by atoms with Gasteiger partial charge in [-0.2, -0.15) is 15.5 Å². The number of hydrogen-bond acceptors (Lipinski definition) is 8. The largest absolute Gasteiger partial charge is 0.434 e. The molecule has 1 heterocycles. The molecule has 26 heavy (non-hydrogen) atoms. The fourth-order valence-electron chi connectivity index (χ4n) is 2.27. The van der Waals surface area contributed by atoms with Gasteiger partial charge in [0.2, 0.25) is 5.82 Å². The van der Waals surface area contributed by atoms with Crippen LogP contribution in [-0.4, -0.2) is 28.0 Å². The van der Waals surface area contributed by atoms with E-state index in [9.17, 15) is 10.1 Å². The lowest BCUT2D eigenvalue weighted by atomic mass is 10.1. The minimum atomic E-state index is -0.706. The Morgan fingerprint density at radius 1 is 1.23 bits per heavy atom. The Morgan fingerprint density at radius 2 is 1.81 bits per heavy atom. The highest BCUT2D eigenvalue weighted by Crippen LogP contribution is 2.37. The fourth-order valence-corrected chi connectivity index (χ4v) is 2.38. The number of benzene rings is 1. The number of nitrogens with zero attached hydrogens (tertiary/aromatic N) is 6. The molecule has 0 fully saturated rings. The molecule has 0 aliphatic rings. The fraction of sp³-hybridized carbons (Fsp3) is 0.250. The Balaban J connectivity index is 2.53. The summed E-state index contributed by atoms with van der Waals surface area (Å²) in [5, 5.41) is 29.9. The Bertz CT molecular complexity index is 896. The van der Waals surface area contributed by atoms with E-state index in [-0.39, 0.29) is 24.8 Å². The third-order valence-corrected chi connectivity index (χ3v) is 4.00. The summed E-state index contributed by atoms with van der Waals surface area (Å²) in [4.78, 5) is 19.7. The van der Waals surface area contributed by atoms with E-state index in [1.807, 2.05) is 12.1 Å². The van der Waals surface area contributed by atoms with Crippen LogP contribution in [0, 0.1) is 46.6 Å². The number of nitro groups is 1. The number of aromatic nitrogens is 2. The van der Waals surface area contributed by atoms with E-state index in [1.54, 1.807) is 26.0 Å². The predicted octanol–water partition coefficient (Wildman–Crippen LogP) is 3.30. The molecule has 10 heteroatoms. The third-order valence-electron chi connectivity index (χ3n) is 3.40. The summed E-state index contributed by atoms with van der Waals surface area (Å²) in [6.07, 6.45) is 1.08. The van der Waals surface area contributed by atoms with Crippen molar-refractivity contribution in [1.29, 1.82) is 10.5 Å². The van der Waals surface area contributed by atoms with Crippen LogP contribution in [-0.2, 0) is 0 Å². The Morgan fingerprint density at radius 3 is 2.31 bits per heavy atom. The first kappa shape index (κ1) is 18.9. The molecule has 0 saturated heterocycles. The lowest BCUT2D eigenvalue weighted by molar-refractivity contribution is -0.385. The maximum atomic E-state index is 11.6. The van der Waals surface area contributed by atoms with E-state index in [1.165, 1.54) is 4.90 Å². The number of hydrogen-bond donors (Lipinski definition) is 0. The topological polar surface area (TPSA) is 129 Å².